The van der Waals surface area contributed by atoms with Crippen LogP contribution in [0.4, 0.5) is 0 Å². The average Bonchev–Trinajstić information content (AvgIpc) is 0.755. The zero-order valence-corrected chi connectivity index (χ0v) is 60.4. The molecule has 48 heteroatoms. The fraction of sp³-hybridized carbons (Fsp3) is 0.467. The summed E-state index contributed by atoms with van der Waals surface area (Å²) in [6.45, 7) is -6.43. The van der Waals surface area contributed by atoms with Crippen LogP contribution in [-0.4, -0.2) is 248 Å². The molecule has 598 valence electrons. The molecule has 0 amide bonds. The highest BCUT2D eigenvalue weighted by molar-refractivity contribution is 7.84. The van der Waals surface area contributed by atoms with E-state index < -0.39 is 243 Å². The second-order valence-electron chi connectivity index (χ2n) is 23.7. The number of hydrogen-bond acceptors (Lipinski definition) is 32. The number of aliphatic carboxylic acids is 2. The van der Waals surface area contributed by atoms with Crippen LogP contribution >= 0.6 is 0 Å². The van der Waals surface area contributed by atoms with E-state index in [1.54, 1.807) is 33.7 Å². The standard InChI is InChI=1S/C60H72N2O40S6/c1-86-38-24-22-37(23-25-38)30-89-47-48(90-28-35-18-10-4-11-19-35)53(101-107(80,81)82)59(99-51(47)55(63)64)97-44-40(32-93-106(77,78)79)95-58(42(62-104(71,72)73)46(44)88-27-34-16-8-3-9-17-34)98-50-49(91-29-36-20-12-5-13-21-36)54(102-108(83,84)85)60(100-52(50)56(65)66)96-43-39(31-92-105(74,75)76)94-57(67)41(61-103(68,69)70)45(43)87-26-33-14-6-2-7-15-33/h2-25,39-54,57-62,67H,26-32H2,1H3,(H,63,64)(H,65,66)(H,68,69,70)(H,71,72,73)(H,74,75,76)(H,77,78,79)(H,80,81,82)(H,83,84,85)/t39-,40+,41+,42-,43-,44+,45+,46-,47-,48+,49+,50-,51+,52-,53-,54+,57+,58+,59+,60+/m1/s1. The number of carbonyl (C=O) groups is 2. The molecule has 4 fully saturated rings. The number of methoxy groups -OCH3 is 1. The van der Waals surface area contributed by atoms with Crippen LogP contribution in [0.15, 0.2) is 146 Å². The van der Waals surface area contributed by atoms with E-state index >= 15 is 0 Å². The monoisotopic (exact) mass is 1650 g/mol. The fourth-order valence-corrected chi connectivity index (χ4v) is 14.5. The summed E-state index contributed by atoms with van der Waals surface area (Å²) in [7, 11) is -33.2. The Hall–Kier alpha value is -6.46. The molecular formula is C60H72N2O40S6. The maximum atomic E-state index is 14.1. The van der Waals surface area contributed by atoms with Gasteiger partial charge in [-0.05, 0) is 39.9 Å². The Balaban J connectivity index is 1.19. The Labute approximate surface area is 616 Å². The quantitative estimate of drug-likeness (QED) is 0.0226. The molecule has 42 nitrogen and oxygen atoms in total. The summed E-state index contributed by atoms with van der Waals surface area (Å²) in [5.74, 6) is -3.77. The predicted octanol–water partition coefficient (Wildman–Crippen LogP) is -0.324. The van der Waals surface area contributed by atoms with E-state index in [9.17, 15) is 103 Å². The number of nitrogens with one attached hydrogen (secondary N) is 2. The lowest BCUT2D eigenvalue weighted by Gasteiger charge is -2.51. The van der Waals surface area contributed by atoms with E-state index in [1.807, 2.05) is 0 Å². The van der Waals surface area contributed by atoms with Gasteiger partial charge in [-0.15, -0.1) is 0 Å². The van der Waals surface area contributed by atoms with Crippen molar-refractivity contribution < 1.29 is 181 Å². The van der Waals surface area contributed by atoms with Crippen molar-refractivity contribution in [2.45, 2.75) is 156 Å². The van der Waals surface area contributed by atoms with Crippen molar-refractivity contribution in [3.8, 4) is 5.75 Å². The van der Waals surface area contributed by atoms with Crippen molar-refractivity contribution in [3.63, 3.8) is 0 Å². The molecule has 0 unspecified atom stereocenters. The van der Waals surface area contributed by atoms with Gasteiger partial charge in [-0.25, -0.2) is 26.3 Å². The van der Waals surface area contributed by atoms with Crippen molar-refractivity contribution in [1.29, 1.82) is 0 Å². The summed E-state index contributed by atoms with van der Waals surface area (Å²) in [6.07, 6.45) is -45.5. The van der Waals surface area contributed by atoms with Gasteiger partial charge < -0.3 is 76.9 Å². The number of hydrogen-bond donors (Lipinski definition) is 11. The van der Waals surface area contributed by atoms with E-state index in [1.165, 1.54) is 128 Å². The molecule has 0 spiro atoms. The van der Waals surface area contributed by atoms with Crippen molar-refractivity contribution in [3.05, 3.63) is 173 Å². The van der Waals surface area contributed by atoms with Crippen molar-refractivity contribution in [1.82, 2.24) is 9.44 Å². The van der Waals surface area contributed by atoms with Crippen molar-refractivity contribution in [2.75, 3.05) is 20.3 Å². The third-order valence-corrected chi connectivity index (χ3v) is 19.1. The molecule has 4 heterocycles. The molecule has 4 saturated heterocycles. The third-order valence-electron chi connectivity index (χ3n) is 16.2. The van der Waals surface area contributed by atoms with Crippen LogP contribution in [0.25, 0.3) is 0 Å². The molecule has 5 aromatic carbocycles. The zero-order chi connectivity index (χ0) is 78.5. The molecule has 0 saturated carbocycles. The second kappa shape index (κ2) is 37.2. The number of carboxylic acids is 2. The van der Waals surface area contributed by atoms with Crippen LogP contribution in [-0.2, 0) is 178 Å². The van der Waals surface area contributed by atoms with E-state index in [4.69, 9.17) is 74.1 Å². The summed E-state index contributed by atoms with van der Waals surface area (Å²) in [5.41, 5.74) is 1.19. The van der Waals surface area contributed by atoms with Crippen LogP contribution in [0, 0.1) is 0 Å². The third kappa shape index (κ3) is 25.5. The van der Waals surface area contributed by atoms with Crippen LogP contribution in [0.2, 0.25) is 0 Å². The molecule has 20 atom stereocenters. The van der Waals surface area contributed by atoms with E-state index in [-0.39, 0.29) is 16.7 Å². The van der Waals surface area contributed by atoms with Gasteiger partial charge in [0.15, 0.2) is 49.6 Å². The minimum Gasteiger partial charge on any atom is -0.497 e. The van der Waals surface area contributed by atoms with E-state index in [2.05, 4.69) is 4.18 Å². The maximum Gasteiger partial charge on any atom is 0.397 e. The molecule has 4 aliphatic heterocycles. The minimum atomic E-state index is -6.08. The van der Waals surface area contributed by atoms with Crippen LogP contribution in [0.5, 0.6) is 5.75 Å². The van der Waals surface area contributed by atoms with Gasteiger partial charge in [0.2, 0.25) is 0 Å². The lowest BCUT2D eigenvalue weighted by Crippen LogP contribution is -2.71. The van der Waals surface area contributed by atoms with Gasteiger partial charge in [-0.3, -0.25) is 27.3 Å². The van der Waals surface area contributed by atoms with Crippen LogP contribution in [0.3, 0.4) is 0 Å². The molecule has 5 aromatic rings. The summed E-state index contributed by atoms with van der Waals surface area (Å²) < 4.78 is 318. The highest BCUT2D eigenvalue weighted by Crippen LogP contribution is 2.41. The largest absolute Gasteiger partial charge is 0.497 e. The minimum absolute atomic E-state index is 0.120. The van der Waals surface area contributed by atoms with Crippen molar-refractivity contribution in [2.24, 2.45) is 0 Å². The van der Waals surface area contributed by atoms with Gasteiger partial charge in [0.05, 0.1) is 53.4 Å². The maximum absolute atomic E-state index is 14.1. The Morgan fingerprint density at radius 3 is 1.06 bits per heavy atom. The lowest BCUT2D eigenvalue weighted by molar-refractivity contribution is -0.374. The molecule has 0 radical (unpaired) electrons. The first-order valence-corrected chi connectivity index (χ1v) is 39.7. The summed E-state index contributed by atoms with van der Waals surface area (Å²) in [5, 5.41) is 33.6. The van der Waals surface area contributed by atoms with Gasteiger partial charge in [0.25, 0.3) is 0 Å². The normalized spacial score (nSPS) is 29.6. The first-order chi connectivity index (χ1) is 50.8. The molecule has 11 N–H and O–H groups in total. The molecule has 108 heavy (non-hydrogen) atoms. The molecule has 0 aromatic heterocycles. The van der Waals surface area contributed by atoms with E-state index in [0.717, 1.165) is 0 Å². The number of aliphatic hydroxyl groups is 1. The molecule has 0 bridgehead atoms. The number of ether oxygens (including phenoxy) is 13. The van der Waals surface area contributed by atoms with Crippen LogP contribution in [0.1, 0.15) is 27.8 Å². The zero-order valence-electron chi connectivity index (χ0n) is 55.5. The number of aliphatic hydroxyl groups excluding tert-OH is 1. The summed E-state index contributed by atoms with van der Waals surface area (Å²) in [6, 6.07) is 30.5. The topological polar surface area (TPSA) is 602 Å². The summed E-state index contributed by atoms with van der Waals surface area (Å²) >= 11 is 0. The van der Waals surface area contributed by atoms with Gasteiger partial charge in [0, 0.05) is 0 Å². The Morgan fingerprint density at radius 2 is 0.694 bits per heavy atom. The Bertz CT molecular complexity index is 4480. The van der Waals surface area contributed by atoms with Gasteiger partial charge in [0.1, 0.15) is 78.9 Å². The smallest absolute Gasteiger partial charge is 0.397 e. The average molecular weight is 1650 g/mol. The van der Waals surface area contributed by atoms with Gasteiger partial charge in [-0.1, -0.05) is 133 Å². The molecule has 4 aliphatic rings. The predicted molar refractivity (Wildman–Crippen MR) is 353 cm³/mol. The second-order valence-corrected chi connectivity index (χ2v) is 30.4. The highest BCUT2D eigenvalue weighted by Gasteiger charge is 2.61. The number of rotatable bonds is 38. The molecular weight excluding hydrogens is 1580 g/mol. The first-order valence-electron chi connectivity index (χ1n) is 31.4. The fourth-order valence-electron chi connectivity index (χ4n) is 11.7. The van der Waals surface area contributed by atoms with E-state index in [0.29, 0.717) is 16.9 Å². The molecule has 9 rings (SSSR count). The molecule has 0 aliphatic carbocycles. The SMILES string of the molecule is COc1ccc(CO[C@@H]2[C@H](OCc3ccccc3)[C@@H](OS(=O)(=O)O)[C@@H](O[C@@H]3[C@H](OCc4ccccc4)[C@@H](NS(=O)(=O)O)[C@H](O[C@@H]4[C@H](OCc5ccccc5)[C@H](OS(=O)(=O)O)[C@@H](O[C@H]5[C@@H](OCc6ccccc6)[C@H](NS(=O)(=O)O)[C@@H](O)O[C@@H]5COS(=O)(=O)O)O[C@H]4C(=O)O)O[C@H]3COS(=O)(=O)O)O[C@@H]2C(=O)O)cc1. The highest BCUT2D eigenvalue weighted by atomic mass is 32.3. The van der Waals surface area contributed by atoms with Gasteiger partial charge in [-0.2, -0.15) is 60.0 Å². The lowest BCUT2D eigenvalue weighted by atomic mass is 9.94. The Kier molecular flexibility index (Phi) is 29.5. The van der Waals surface area contributed by atoms with Crippen LogP contribution < -0.4 is 14.2 Å². The van der Waals surface area contributed by atoms with Crippen molar-refractivity contribution >= 4 is 74.1 Å². The number of benzene rings is 5. The first kappa shape index (κ1) is 85.5. The Morgan fingerprint density at radius 1 is 0.370 bits per heavy atom. The summed E-state index contributed by atoms with van der Waals surface area (Å²) in [4.78, 5) is 27.7. The van der Waals surface area contributed by atoms with Gasteiger partial charge >= 0.3 is 74.1 Å². The number of carboxylic acid groups (broad SMARTS) is 2.